The Morgan fingerprint density at radius 3 is 2.39 bits per heavy atom. The lowest BCUT2D eigenvalue weighted by atomic mass is 9.95. The van der Waals surface area contributed by atoms with Crippen molar-refractivity contribution in [3.05, 3.63) is 47.7 Å². The Kier molecular flexibility index (Phi) is 5.63. The van der Waals surface area contributed by atoms with Gasteiger partial charge < -0.3 is 4.90 Å². The quantitative estimate of drug-likeness (QED) is 0.560. The topological polar surface area (TPSA) is 20.3 Å². The summed E-state index contributed by atoms with van der Waals surface area (Å²) in [6.07, 6.45) is 5.75. The van der Waals surface area contributed by atoms with Crippen LogP contribution in [0.3, 0.4) is 0 Å². The van der Waals surface area contributed by atoms with Crippen molar-refractivity contribution in [1.82, 2.24) is 4.90 Å². The molecule has 0 saturated carbocycles. The van der Waals surface area contributed by atoms with Gasteiger partial charge in [-0.3, -0.25) is 4.79 Å². The molecule has 1 atom stereocenters. The van der Waals surface area contributed by atoms with Crippen LogP contribution in [0.4, 0.5) is 0 Å². The summed E-state index contributed by atoms with van der Waals surface area (Å²) in [5, 5.41) is 0. The number of nitrogens with zero attached hydrogens (tertiary/aromatic N) is 1. The summed E-state index contributed by atoms with van der Waals surface area (Å²) < 4.78 is 0. The molecule has 1 aromatic carbocycles. The average Bonchev–Trinajstić information content (AvgIpc) is 2.36. The molecule has 1 rings (SSSR count). The highest BCUT2D eigenvalue weighted by Gasteiger charge is 2.06. The molecule has 0 amide bonds. The molecule has 0 spiro atoms. The number of hydrogen-bond donors (Lipinski definition) is 0. The normalized spacial score (nSPS) is 12.7. The zero-order valence-electron chi connectivity index (χ0n) is 11.8. The van der Waals surface area contributed by atoms with E-state index < -0.39 is 0 Å². The molecule has 0 radical (unpaired) electrons. The number of ketones is 1. The molecule has 0 aliphatic heterocycles. The summed E-state index contributed by atoms with van der Waals surface area (Å²) in [5.41, 5.74) is 2.06. The molecule has 0 saturated heterocycles. The van der Waals surface area contributed by atoms with Crippen molar-refractivity contribution in [3.8, 4) is 0 Å². The Balaban J connectivity index is 2.73. The predicted molar refractivity (Wildman–Crippen MR) is 76.9 cm³/mol. The van der Waals surface area contributed by atoms with Gasteiger partial charge >= 0.3 is 0 Å². The van der Waals surface area contributed by atoms with Gasteiger partial charge in [0, 0.05) is 31.9 Å². The van der Waals surface area contributed by atoms with Crippen LogP contribution in [0.1, 0.15) is 48.5 Å². The van der Waals surface area contributed by atoms with Crippen molar-refractivity contribution < 1.29 is 4.79 Å². The minimum absolute atomic E-state index is 0.0541. The van der Waals surface area contributed by atoms with Crippen LogP contribution < -0.4 is 0 Å². The Hall–Kier alpha value is -1.57. The lowest BCUT2D eigenvalue weighted by Crippen LogP contribution is -2.03. The molecule has 2 nitrogen and oxygen atoms in total. The maximum absolute atomic E-state index is 11.8. The first-order valence-corrected chi connectivity index (χ1v) is 6.53. The van der Waals surface area contributed by atoms with Gasteiger partial charge in [-0.25, -0.2) is 0 Å². The van der Waals surface area contributed by atoms with E-state index in [0.29, 0.717) is 5.92 Å². The first-order chi connectivity index (χ1) is 8.54. The molecule has 0 bridgehead atoms. The first kappa shape index (κ1) is 14.5. The van der Waals surface area contributed by atoms with Crippen LogP contribution in [0.2, 0.25) is 0 Å². The highest BCUT2D eigenvalue weighted by atomic mass is 16.1. The molecule has 0 heterocycles. The fourth-order valence-electron chi connectivity index (χ4n) is 1.89. The van der Waals surface area contributed by atoms with Gasteiger partial charge in [-0.2, -0.15) is 0 Å². The van der Waals surface area contributed by atoms with E-state index in [1.54, 1.807) is 12.3 Å². The van der Waals surface area contributed by atoms with Gasteiger partial charge in [0.2, 0.25) is 0 Å². The maximum atomic E-state index is 11.8. The summed E-state index contributed by atoms with van der Waals surface area (Å²) in [7, 11) is 3.80. The fraction of sp³-hybridized carbons (Fsp3) is 0.438. The van der Waals surface area contributed by atoms with Crippen molar-refractivity contribution in [2.75, 3.05) is 14.1 Å². The number of allylic oxidation sites excluding steroid dienone is 1. The summed E-state index contributed by atoms with van der Waals surface area (Å²) in [4.78, 5) is 13.7. The van der Waals surface area contributed by atoms with E-state index in [9.17, 15) is 4.79 Å². The molecule has 0 aromatic heterocycles. The Bertz CT molecular complexity index is 404. The lowest BCUT2D eigenvalue weighted by Gasteiger charge is -2.10. The van der Waals surface area contributed by atoms with Gasteiger partial charge in [0.15, 0.2) is 5.78 Å². The standard InChI is InChI=1S/C16H23NO/c1-5-6-13(2)14-7-9-15(10-8-14)16(18)11-12-17(3)4/h7-13H,5-6H2,1-4H3/b12-11+. The first-order valence-electron chi connectivity index (χ1n) is 6.53. The molecule has 1 unspecified atom stereocenters. The summed E-state index contributed by atoms with van der Waals surface area (Å²) in [6.45, 7) is 4.42. The van der Waals surface area contributed by atoms with Crippen LogP contribution in [0.15, 0.2) is 36.5 Å². The fourth-order valence-corrected chi connectivity index (χ4v) is 1.89. The molecular formula is C16H23NO. The molecule has 0 aliphatic rings. The molecule has 2 heteroatoms. The molecule has 18 heavy (non-hydrogen) atoms. The zero-order chi connectivity index (χ0) is 13.5. The Morgan fingerprint density at radius 2 is 1.89 bits per heavy atom. The molecule has 1 aromatic rings. The SMILES string of the molecule is CCCC(C)c1ccc(C(=O)/C=C/N(C)C)cc1. The third-order valence-corrected chi connectivity index (χ3v) is 3.01. The smallest absolute Gasteiger partial charge is 0.187 e. The highest BCUT2D eigenvalue weighted by molar-refractivity contribution is 6.04. The third-order valence-electron chi connectivity index (χ3n) is 3.01. The largest absolute Gasteiger partial charge is 0.383 e. The van der Waals surface area contributed by atoms with Gasteiger partial charge in [0.25, 0.3) is 0 Å². The monoisotopic (exact) mass is 245 g/mol. The van der Waals surface area contributed by atoms with E-state index in [1.807, 2.05) is 31.1 Å². The van der Waals surface area contributed by atoms with Crippen molar-refractivity contribution in [2.45, 2.75) is 32.6 Å². The predicted octanol–water partition coefficient (Wildman–Crippen LogP) is 3.85. The molecular weight excluding hydrogens is 222 g/mol. The Labute approximate surface area is 110 Å². The van der Waals surface area contributed by atoms with E-state index in [4.69, 9.17) is 0 Å². The minimum Gasteiger partial charge on any atom is -0.383 e. The highest BCUT2D eigenvalue weighted by Crippen LogP contribution is 2.20. The van der Waals surface area contributed by atoms with Gasteiger partial charge in [0.1, 0.15) is 0 Å². The van der Waals surface area contributed by atoms with Gasteiger partial charge in [-0.15, -0.1) is 0 Å². The number of carbonyl (C=O) groups excluding carboxylic acids is 1. The van der Waals surface area contributed by atoms with Crippen molar-refractivity contribution in [1.29, 1.82) is 0 Å². The summed E-state index contributed by atoms with van der Waals surface area (Å²) in [5.74, 6) is 0.620. The molecule has 98 valence electrons. The van der Waals surface area contributed by atoms with Crippen molar-refractivity contribution in [3.63, 3.8) is 0 Å². The summed E-state index contributed by atoms with van der Waals surface area (Å²) in [6, 6.07) is 7.97. The van der Waals surface area contributed by atoms with Crippen molar-refractivity contribution in [2.24, 2.45) is 0 Å². The lowest BCUT2D eigenvalue weighted by molar-refractivity contribution is 0.104. The van der Waals surface area contributed by atoms with Crippen LogP contribution in [0.25, 0.3) is 0 Å². The second-order valence-electron chi connectivity index (χ2n) is 4.96. The van der Waals surface area contributed by atoms with E-state index in [-0.39, 0.29) is 5.78 Å². The number of rotatable bonds is 6. The number of benzene rings is 1. The van der Waals surface area contributed by atoms with Crippen LogP contribution in [-0.4, -0.2) is 24.8 Å². The summed E-state index contributed by atoms with van der Waals surface area (Å²) >= 11 is 0. The van der Waals surface area contributed by atoms with Crippen LogP contribution in [0, 0.1) is 0 Å². The van der Waals surface area contributed by atoms with Crippen LogP contribution in [-0.2, 0) is 0 Å². The van der Waals surface area contributed by atoms with Crippen molar-refractivity contribution >= 4 is 5.78 Å². The van der Waals surface area contributed by atoms with Crippen LogP contribution in [0.5, 0.6) is 0 Å². The average molecular weight is 245 g/mol. The van der Waals surface area contributed by atoms with E-state index in [0.717, 1.165) is 5.56 Å². The molecule has 0 N–H and O–H groups in total. The number of hydrogen-bond acceptors (Lipinski definition) is 2. The number of carbonyl (C=O) groups is 1. The second-order valence-corrected chi connectivity index (χ2v) is 4.96. The van der Waals surface area contributed by atoms with Crippen LogP contribution >= 0.6 is 0 Å². The van der Waals surface area contributed by atoms with Gasteiger partial charge in [-0.05, 0) is 17.9 Å². The van der Waals surface area contributed by atoms with E-state index in [1.165, 1.54) is 18.4 Å². The zero-order valence-corrected chi connectivity index (χ0v) is 11.8. The third kappa shape index (κ3) is 4.36. The van der Waals surface area contributed by atoms with E-state index >= 15 is 0 Å². The molecule has 0 fully saturated rings. The Morgan fingerprint density at radius 1 is 1.28 bits per heavy atom. The van der Waals surface area contributed by atoms with Gasteiger partial charge in [0.05, 0.1) is 0 Å². The maximum Gasteiger partial charge on any atom is 0.187 e. The molecule has 0 aliphatic carbocycles. The van der Waals surface area contributed by atoms with Gasteiger partial charge in [-0.1, -0.05) is 44.5 Å². The second kappa shape index (κ2) is 7.00. The van der Waals surface area contributed by atoms with E-state index in [2.05, 4.69) is 26.0 Å². The minimum atomic E-state index is 0.0541.